The average Bonchev–Trinajstić information content (AvgIpc) is 2.75. The first-order chi connectivity index (χ1) is 6.75. The molecule has 14 heavy (non-hydrogen) atoms. The van der Waals surface area contributed by atoms with Gasteiger partial charge in [0.15, 0.2) is 0 Å². The molecule has 3 nitrogen and oxygen atoms in total. The van der Waals surface area contributed by atoms with Gasteiger partial charge in [-0.25, -0.2) is 0 Å². The van der Waals surface area contributed by atoms with Crippen LogP contribution in [0.4, 0.5) is 0 Å². The highest BCUT2D eigenvalue weighted by molar-refractivity contribution is 7.85. The van der Waals surface area contributed by atoms with Gasteiger partial charge in [-0.05, 0) is 19.3 Å². The van der Waals surface area contributed by atoms with E-state index in [-0.39, 0.29) is 17.1 Å². The molecule has 1 heterocycles. The summed E-state index contributed by atoms with van der Waals surface area (Å²) in [6.45, 7) is 0.811. The Hall–Kier alpha value is -0.220. The Morgan fingerprint density at radius 3 is 2.86 bits per heavy atom. The molecule has 0 aromatic heterocycles. The van der Waals surface area contributed by atoms with Crippen molar-refractivity contribution in [3.8, 4) is 0 Å². The van der Waals surface area contributed by atoms with Crippen molar-refractivity contribution in [1.29, 1.82) is 0 Å². The van der Waals surface area contributed by atoms with Gasteiger partial charge in [-0.1, -0.05) is 0 Å². The maximum atomic E-state index is 11.8. The van der Waals surface area contributed by atoms with E-state index >= 15 is 0 Å². The summed E-state index contributed by atoms with van der Waals surface area (Å²) in [7, 11) is -0.852. The lowest BCUT2D eigenvalue weighted by Crippen LogP contribution is -2.23. The minimum atomic E-state index is -0.852. The van der Waals surface area contributed by atoms with Crippen molar-refractivity contribution in [1.82, 2.24) is 0 Å². The summed E-state index contributed by atoms with van der Waals surface area (Å²) < 4.78 is 17.3. The molecule has 3 atom stereocenters. The van der Waals surface area contributed by atoms with Crippen LogP contribution in [0.25, 0.3) is 0 Å². The molecule has 1 aliphatic carbocycles. The van der Waals surface area contributed by atoms with Crippen LogP contribution in [0, 0.1) is 0 Å². The van der Waals surface area contributed by atoms with Crippen molar-refractivity contribution >= 4 is 16.6 Å². The van der Waals surface area contributed by atoms with E-state index in [1.165, 1.54) is 0 Å². The zero-order valence-corrected chi connectivity index (χ0v) is 9.05. The number of carbonyl (C=O) groups excluding carboxylic acids is 1. The summed E-state index contributed by atoms with van der Waals surface area (Å²) in [5.41, 5.74) is 0. The van der Waals surface area contributed by atoms with Crippen molar-refractivity contribution in [2.75, 3.05) is 12.4 Å². The Morgan fingerprint density at radius 1 is 1.43 bits per heavy atom. The van der Waals surface area contributed by atoms with Gasteiger partial charge in [-0.15, -0.1) is 0 Å². The molecule has 0 aromatic rings. The van der Waals surface area contributed by atoms with Gasteiger partial charge in [0, 0.05) is 35.5 Å². The molecule has 0 spiro atoms. The van der Waals surface area contributed by atoms with Gasteiger partial charge < -0.3 is 4.74 Å². The third kappa shape index (κ3) is 2.42. The van der Waals surface area contributed by atoms with Gasteiger partial charge in [0.1, 0.15) is 5.78 Å². The highest BCUT2D eigenvalue weighted by Gasteiger charge is 2.29. The lowest BCUT2D eigenvalue weighted by atomic mass is 10.3. The Labute approximate surface area is 86.7 Å². The summed E-state index contributed by atoms with van der Waals surface area (Å²) >= 11 is 0. The van der Waals surface area contributed by atoms with E-state index in [4.69, 9.17) is 4.74 Å². The van der Waals surface area contributed by atoms with Crippen LogP contribution in [0.5, 0.6) is 0 Å². The SMILES string of the molecule is O=C1CCC(S(=O)CC2CCCO2)C1. The van der Waals surface area contributed by atoms with Gasteiger partial charge >= 0.3 is 0 Å². The second-order valence-electron chi connectivity index (χ2n) is 4.09. The van der Waals surface area contributed by atoms with E-state index in [2.05, 4.69) is 0 Å². The summed E-state index contributed by atoms with van der Waals surface area (Å²) in [5, 5.41) is 0.117. The van der Waals surface area contributed by atoms with Crippen LogP contribution in [0.15, 0.2) is 0 Å². The van der Waals surface area contributed by atoms with Crippen LogP contribution in [0.1, 0.15) is 32.1 Å². The molecule has 80 valence electrons. The molecule has 4 heteroatoms. The van der Waals surface area contributed by atoms with E-state index in [0.29, 0.717) is 18.6 Å². The molecule has 2 aliphatic rings. The van der Waals surface area contributed by atoms with Gasteiger partial charge in [0.05, 0.1) is 11.9 Å². The lowest BCUT2D eigenvalue weighted by molar-refractivity contribution is -0.117. The first kappa shape index (κ1) is 10.3. The van der Waals surface area contributed by atoms with Crippen molar-refractivity contribution in [3.63, 3.8) is 0 Å². The van der Waals surface area contributed by atoms with Crippen molar-refractivity contribution < 1.29 is 13.7 Å². The zero-order chi connectivity index (χ0) is 9.97. The molecule has 1 saturated carbocycles. The fourth-order valence-electron chi connectivity index (χ4n) is 2.10. The lowest BCUT2D eigenvalue weighted by Gasteiger charge is -2.12. The minimum Gasteiger partial charge on any atom is -0.377 e. The van der Waals surface area contributed by atoms with Crippen LogP contribution in [-0.2, 0) is 20.3 Å². The smallest absolute Gasteiger partial charge is 0.134 e. The maximum Gasteiger partial charge on any atom is 0.134 e. The highest BCUT2D eigenvalue weighted by Crippen LogP contribution is 2.22. The van der Waals surface area contributed by atoms with Gasteiger partial charge in [-0.2, -0.15) is 0 Å². The molecular weight excluding hydrogens is 200 g/mol. The molecule has 0 amide bonds. The molecule has 0 bridgehead atoms. The minimum absolute atomic E-state index is 0.117. The number of hydrogen-bond donors (Lipinski definition) is 0. The van der Waals surface area contributed by atoms with Gasteiger partial charge in [0.25, 0.3) is 0 Å². The fourth-order valence-corrected chi connectivity index (χ4v) is 3.75. The molecule has 2 fully saturated rings. The van der Waals surface area contributed by atoms with Crippen LogP contribution < -0.4 is 0 Å². The van der Waals surface area contributed by atoms with Crippen LogP contribution in [0.2, 0.25) is 0 Å². The molecule has 0 radical (unpaired) electrons. The Morgan fingerprint density at radius 2 is 2.29 bits per heavy atom. The average molecular weight is 216 g/mol. The van der Waals surface area contributed by atoms with E-state index in [1.54, 1.807) is 0 Å². The Balaban J connectivity index is 1.80. The monoisotopic (exact) mass is 216 g/mol. The third-order valence-corrected chi connectivity index (χ3v) is 4.79. The number of Topliss-reactive ketones (excluding diaryl/α,β-unsaturated/α-hetero) is 1. The fraction of sp³-hybridized carbons (Fsp3) is 0.900. The number of carbonyl (C=O) groups is 1. The van der Waals surface area contributed by atoms with E-state index in [0.717, 1.165) is 25.9 Å². The first-order valence-electron chi connectivity index (χ1n) is 5.26. The Bertz CT molecular complexity index is 246. The molecule has 2 rings (SSSR count). The topological polar surface area (TPSA) is 43.4 Å². The van der Waals surface area contributed by atoms with Crippen molar-refractivity contribution in [2.24, 2.45) is 0 Å². The van der Waals surface area contributed by atoms with Crippen molar-refractivity contribution in [2.45, 2.75) is 43.5 Å². The summed E-state index contributed by atoms with van der Waals surface area (Å²) in [4.78, 5) is 11.0. The van der Waals surface area contributed by atoms with Crippen molar-refractivity contribution in [3.05, 3.63) is 0 Å². The second kappa shape index (κ2) is 4.53. The zero-order valence-electron chi connectivity index (χ0n) is 8.24. The maximum absolute atomic E-state index is 11.8. The molecular formula is C10H16O3S. The van der Waals surface area contributed by atoms with Gasteiger partial charge in [-0.3, -0.25) is 9.00 Å². The molecule has 3 unspecified atom stereocenters. The predicted molar refractivity (Wildman–Crippen MR) is 54.6 cm³/mol. The number of ether oxygens (including phenoxy) is 1. The van der Waals surface area contributed by atoms with Gasteiger partial charge in [0.2, 0.25) is 0 Å². The molecule has 1 aliphatic heterocycles. The Kier molecular flexibility index (Phi) is 3.34. The normalized spacial score (nSPS) is 35.0. The largest absolute Gasteiger partial charge is 0.377 e. The van der Waals surface area contributed by atoms with E-state index in [1.807, 2.05) is 0 Å². The number of ketones is 1. The molecule has 1 saturated heterocycles. The number of rotatable bonds is 3. The molecule has 0 N–H and O–H groups in total. The summed E-state index contributed by atoms with van der Waals surface area (Å²) in [6, 6.07) is 0. The standard InChI is InChI=1S/C10H16O3S/c11-8-3-4-10(6-8)14(12)7-9-2-1-5-13-9/h9-10H,1-7H2. The highest BCUT2D eigenvalue weighted by atomic mass is 32.2. The predicted octanol–water partition coefficient (Wildman–Crippen LogP) is 1.04. The number of hydrogen-bond acceptors (Lipinski definition) is 3. The molecule has 0 aromatic carbocycles. The summed E-state index contributed by atoms with van der Waals surface area (Å²) in [5.74, 6) is 0.911. The summed E-state index contributed by atoms with van der Waals surface area (Å²) in [6.07, 6.45) is 4.28. The van der Waals surface area contributed by atoms with Crippen LogP contribution in [0.3, 0.4) is 0 Å². The third-order valence-electron chi connectivity index (χ3n) is 2.95. The second-order valence-corrected chi connectivity index (χ2v) is 5.85. The van der Waals surface area contributed by atoms with Crippen LogP contribution in [-0.4, -0.2) is 33.7 Å². The first-order valence-corrected chi connectivity index (χ1v) is 6.64. The van der Waals surface area contributed by atoms with E-state index in [9.17, 15) is 9.00 Å². The van der Waals surface area contributed by atoms with E-state index < -0.39 is 10.8 Å². The quantitative estimate of drug-likeness (QED) is 0.708. The van der Waals surface area contributed by atoms with Crippen LogP contribution >= 0.6 is 0 Å².